The van der Waals surface area contributed by atoms with E-state index in [0.29, 0.717) is 31.3 Å². The molecule has 1 aliphatic rings. The number of carbonyl (C=O) groups excluding carboxylic acids is 1. The molecule has 0 saturated carbocycles. The predicted octanol–water partition coefficient (Wildman–Crippen LogP) is 2.80. The van der Waals surface area contributed by atoms with Crippen molar-refractivity contribution < 1.29 is 14.3 Å². The van der Waals surface area contributed by atoms with Crippen molar-refractivity contribution >= 4 is 11.7 Å². The fraction of sp³-hybridized carbons (Fsp3) is 0.235. The van der Waals surface area contributed by atoms with Crippen LogP contribution in [0.1, 0.15) is 5.56 Å². The molecule has 3 rings (SSSR count). The van der Waals surface area contributed by atoms with Crippen LogP contribution in [-0.4, -0.2) is 26.3 Å². The van der Waals surface area contributed by atoms with Crippen LogP contribution in [0.15, 0.2) is 48.5 Å². The first kappa shape index (κ1) is 14.3. The summed E-state index contributed by atoms with van der Waals surface area (Å²) in [5.74, 6) is 1.39. The number of anilines is 1. The molecule has 0 spiro atoms. The van der Waals surface area contributed by atoms with Gasteiger partial charge >= 0.3 is 6.03 Å². The van der Waals surface area contributed by atoms with E-state index in [1.165, 1.54) is 0 Å². The lowest BCUT2D eigenvalue weighted by Crippen LogP contribution is -2.36. The van der Waals surface area contributed by atoms with E-state index in [1.54, 1.807) is 11.9 Å². The molecule has 1 N–H and O–H groups in total. The third-order valence-electron chi connectivity index (χ3n) is 3.50. The molecule has 22 heavy (non-hydrogen) atoms. The van der Waals surface area contributed by atoms with Crippen LogP contribution in [0.4, 0.5) is 10.5 Å². The van der Waals surface area contributed by atoms with Crippen molar-refractivity contribution in [3.63, 3.8) is 0 Å². The van der Waals surface area contributed by atoms with Crippen molar-refractivity contribution in [2.45, 2.75) is 6.54 Å². The van der Waals surface area contributed by atoms with Gasteiger partial charge in [0.2, 0.25) is 0 Å². The van der Waals surface area contributed by atoms with Gasteiger partial charge in [-0.05, 0) is 17.7 Å². The lowest BCUT2D eigenvalue weighted by atomic mass is 10.2. The van der Waals surface area contributed by atoms with E-state index in [-0.39, 0.29) is 6.03 Å². The average molecular weight is 298 g/mol. The van der Waals surface area contributed by atoms with Crippen LogP contribution >= 0.6 is 0 Å². The Balaban J connectivity index is 1.65. The van der Waals surface area contributed by atoms with E-state index >= 15 is 0 Å². The highest BCUT2D eigenvalue weighted by atomic mass is 16.6. The maximum atomic E-state index is 12.2. The van der Waals surface area contributed by atoms with E-state index in [2.05, 4.69) is 5.32 Å². The molecule has 0 bridgehead atoms. The first-order chi connectivity index (χ1) is 10.7. The summed E-state index contributed by atoms with van der Waals surface area (Å²) in [4.78, 5) is 13.8. The second-order valence-corrected chi connectivity index (χ2v) is 5.03. The van der Waals surface area contributed by atoms with E-state index in [4.69, 9.17) is 9.47 Å². The predicted molar refractivity (Wildman–Crippen MR) is 84.5 cm³/mol. The Morgan fingerprint density at radius 3 is 2.59 bits per heavy atom. The Morgan fingerprint density at radius 1 is 1.09 bits per heavy atom. The normalized spacial score (nSPS) is 12.6. The largest absolute Gasteiger partial charge is 0.486 e. The Kier molecular flexibility index (Phi) is 4.14. The topological polar surface area (TPSA) is 50.8 Å². The smallest absolute Gasteiger partial charge is 0.321 e. The van der Waals surface area contributed by atoms with Crippen LogP contribution in [0.5, 0.6) is 11.5 Å². The number of nitrogens with zero attached hydrogens (tertiary/aromatic N) is 1. The van der Waals surface area contributed by atoms with Crippen molar-refractivity contribution in [3.8, 4) is 11.5 Å². The summed E-state index contributed by atoms with van der Waals surface area (Å²) in [7, 11) is 1.73. The summed E-state index contributed by atoms with van der Waals surface area (Å²) >= 11 is 0. The molecular weight excluding hydrogens is 280 g/mol. The zero-order chi connectivity index (χ0) is 15.4. The minimum Gasteiger partial charge on any atom is -0.486 e. The zero-order valence-corrected chi connectivity index (χ0v) is 12.4. The van der Waals surface area contributed by atoms with Crippen molar-refractivity contribution in [2.75, 3.05) is 25.2 Å². The molecule has 1 aliphatic heterocycles. The quantitative estimate of drug-likeness (QED) is 0.948. The van der Waals surface area contributed by atoms with Gasteiger partial charge in [0.15, 0.2) is 11.5 Å². The Labute approximate surface area is 129 Å². The molecule has 2 amide bonds. The van der Waals surface area contributed by atoms with E-state index in [1.807, 2.05) is 48.5 Å². The van der Waals surface area contributed by atoms with Gasteiger partial charge in [-0.15, -0.1) is 0 Å². The molecule has 1 heterocycles. The van der Waals surface area contributed by atoms with E-state index in [0.717, 1.165) is 11.3 Å². The van der Waals surface area contributed by atoms with Crippen molar-refractivity contribution in [3.05, 3.63) is 54.1 Å². The molecule has 2 aromatic rings. The van der Waals surface area contributed by atoms with Crippen LogP contribution in [-0.2, 0) is 6.54 Å². The number of hydrogen-bond donors (Lipinski definition) is 1. The van der Waals surface area contributed by atoms with Gasteiger partial charge in [0.25, 0.3) is 0 Å². The van der Waals surface area contributed by atoms with Crippen LogP contribution in [0.3, 0.4) is 0 Å². The minimum absolute atomic E-state index is 0.166. The number of nitrogens with one attached hydrogen (secondary N) is 1. The Bertz CT molecular complexity index is 658. The standard InChI is InChI=1S/C17H18N2O3/c1-19(17(20)18-12-13-5-3-2-4-6-13)14-7-8-15-16(11-14)22-10-9-21-15/h2-8,11H,9-10,12H2,1H3,(H,18,20). The lowest BCUT2D eigenvalue weighted by Gasteiger charge is -2.22. The van der Waals surface area contributed by atoms with Gasteiger partial charge in [0, 0.05) is 25.3 Å². The number of rotatable bonds is 3. The third-order valence-corrected chi connectivity index (χ3v) is 3.50. The number of ether oxygens (including phenoxy) is 2. The summed E-state index contributed by atoms with van der Waals surface area (Å²) in [6.07, 6.45) is 0. The summed E-state index contributed by atoms with van der Waals surface area (Å²) in [6.45, 7) is 1.58. The van der Waals surface area contributed by atoms with E-state index < -0.39 is 0 Å². The number of urea groups is 1. The molecule has 114 valence electrons. The SMILES string of the molecule is CN(C(=O)NCc1ccccc1)c1ccc2c(c1)OCCO2. The Morgan fingerprint density at radius 2 is 1.82 bits per heavy atom. The fourth-order valence-corrected chi connectivity index (χ4v) is 2.25. The summed E-state index contributed by atoms with van der Waals surface area (Å²) in [5.41, 5.74) is 1.82. The molecule has 0 saturated heterocycles. The number of carbonyl (C=O) groups is 1. The lowest BCUT2D eigenvalue weighted by molar-refractivity contribution is 0.171. The van der Waals surface area contributed by atoms with Gasteiger partial charge < -0.3 is 14.8 Å². The minimum atomic E-state index is -0.166. The molecule has 0 atom stereocenters. The monoisotopic (exact) mass is 298 g/mol. The maximum absolute atomic E-state index is 12.2. The molecule has 5 nitrogen and oxygen atoms in total. The van der Waals surface area contributed by atoms with Crippen molar-refractivity contribution in [1.29, 1.82) is 0 Å². The first-order valence-corrected chi connectivity index (χ1v) is 7.19. The van der Waals surface area contributed by atoms with Crippen LogP contribution in [0.2, 0.25) is 0 Å². The summed E-state index contributed by atoms with van der Waals surface area (Å²) in [6, 6.07) is 15.1. The number of fused-ring (bicyclic) bond motifs is 1. The second-order valence-electron chi connectivity index (χ2n) is 5.03. The fourth-order valence-electron chi connectivity index (χ4n) is 2.25. The third kappa shape index (κ3) is 3.14. The molecule has 5 heteroatoms. The van der Waals surface area contributed by atoms with Crippen LogP contribution < -0.4 is 19.7 Å². The van der Waals surface area contributed by atoms with Crippen LogP contribution in [0, 0.1) is 0 Å². The number of hydrogen-bond acceptors (Lipinski definition) is 3. The number of amides is 2. The van der Waals surface area contributed by atoms with Gasteiger partial charge in [-0.2, -0.15) is 0 Å². The molecule has 0 fully saturated rings. The highest BCUT2D eigenvalue weighted by molar-refractivity contribution is 5.91. The summed E-state index contributed by atoms with van der Waals surface area (Å²) in [5, 5.41) is 2.89. The second kappa shape index (κ2) is 6.39. The van der Waals surface area contributed by atoms with Gasteiger partial charge in [-0.1, -0.05) is 30.3 Å². The molecular formula is C17H18N2O3. The van der Waals surface area contributed by atoms with Gasteiger partial charge in [-0.3, -0.25) is 4.90 Å². The zero-order valence-electron chi connectivity index (χ0n) is 12.4. The molecule has 0 aliphatic carbocycles. The van der Waals surface area contributed by atoms with Crippen molar-refractivity contribution in [1.82, 2.24) is 5.32 Å². The van der Waals surface area contributed by atoms with E-state index in [9.17, 15) is 4.79 Å². The molecule has 0 radical (unpaired) electrons. The summed E-state index contributed by atoms with van der Waals surface area (Å²) < 4.78 is 11.0. The average Bonchev–Trinajstić information content (AvgIpc) is 2.59. The Hall–Kier alpha value is -2.69. The molecule has 2 aromatic carbocycles. The van der Waals surface area contributed by atoms with Gasteiger partial charge in [-0.25, -0.2) is 4.79 Å². The highest BCUT2D eigenvalue weighted by Crippen LogP contribution is 2.33. The van der Waals surface area contributed by atoms with Crippen molar-refractivity contribution in [2.24, 2.45) is 0 Å². The number of benzene rings is 2. The molecule has 0 aromatic heterocycles. The van der Waals surface area contributed by atoms with Crippen LogP contribution in [0.25, 0.3) is 0 Å². The highest BCUT2D eigenvalue weighted by Gasteiger charge is 2.16. The van der Waals surface area contributed by atoms with Gasteiger partial charge in [0.1, 0.15) is 13.2 Å². The first-order valence-electron chi connectivity index (χ1n) is 7.19. The maximum Gasteiger partial charge on any atom is 0.321 e. The molecule has 0 unspecified atom stereocenters. The van der Waals surface area contributed by atoms with Gasteiger partial charge in [0.05, 0.1) is 0 Å².